The number of hydrogen-bond acceptors (Lipinski definition) is 8. The SMILES string of the molecule is CCSc1nsc(NCC(=O)c2ccc(OC)c(OC)c2)n1. The first kappa shape index (κ1) is 16.6. The van der Waals surface area contributed by atoms with Crippen molar-refractivity contribution in [2.45, 2.75) is 12.1 Å². The molecule has 118 valence electrons. The summed E-state index contributed by atoms with van der Waals surface area (Å²) in [5.41, 5.74) is 0.554. The number of aromatic nitrogens is 2. The third-order valence-electron chi connectivity index (χ3n) is 2.79. The van der Waals surface area contributed by atoms with E-state index in [9.17, 15) is 4.79 Å². The minimum Gasteiger partial charge on any atom is -0.493 e. The molecule has 1 aromatic carbocycles. The van der Waals surface area contributed by atoms with Gasteiger partial charge in [-0.3, -0.25) is 4.79 Å². The first-order valence-corrected chi connectivity index (χ1v) is 8.39. The van der Waals surface area contributed by atoms with Crippen LogP contribution in [0.5, 0.6) is 11.5 Å². The average Bonchev–Trinajstić information content (AvgIpc) is 2.99. The molecule has 0 radical (unpaired) electrons. The van der Waals surface area contributed by atoms with Crippen LogP contribution in [0.3, 0.4) is 0 Å². The van der Waals surface area contributed by atoms with E-state index in [1.165, 1.54) is 11.5 Å². The number of hydrogen-bond donors (Lipinski definition) is 1. The largest absolute Gasteiger partial charge is 0.493 e. The molecule has 6 nitrogen and oxygen atoms in total. The number of nitrogens with zero attached hydrogens (tertiary/aromatic N) is 2. The lowest BCUT2D eigenvalue weighted by atomic mass is 10.1. The molecule has 0 aliphatic heterocycles. The van der Waals surface area contributed by atoms with E-state index < -0.39 is 0 Å². The van der Waals surface area contributed by atoms with E-state index in [1.807, 2.05) is 6.92 Å². The van der Waals surface area contributed by atoms with Gasteiger partial charge in [-0.2, -0.15) is 9.36 Å². The molecule has 0 saturated heterocycles. The third-order valence-corrected chi connectivity index (χ3v) is 4.30. The fourth-order valence-electron chi connectivity index (χ4n) is 1.74. The summed E-state index contributed by atoms with van der Waals surface area (Å²) in [4.78, 5) is 16.5. The fraction of sp³-hybridized carbons (Fsp3) is 0.357. The number of benzene rings is 1. The quantitative estimate of drug-likeness (QED) is 0.585. The van der Waals surface area contributed by atoms with Crippen LogP contribution in [0.4, 0.5) is 5.13 Å². The Bertz CT molecular complexity index is 646. The number of ketones is 1. The molecule has 8 heteroatoms. The molecule has 0 atom stereocenters. The molecular weight excluding hydrogens is 322 g/mol. The molecule has 0 aliphatic rings. The summed E-state index contributed by atoms with van der Waals surface area (Å²) >= 11 is 2.82. The average molecular weight is 339 g/mol. The Morgan fingerprint density at radius 3 is 2.77 bits per heavy atom. The second-order valence-electron chi connectivity index (χ2n) is 4.16. The van der Waals surface area contributed by atoms with E-state index in [0.717, 1.165) is 10.9 Å². The van der Waals surface area contributed by atoms with E-state index in [-0.39, 0.29) is 12.3 Å². The van der Waals surface area contributed by atoms with Crippen LogP contribution in [-0.4, -0.2) is 41.7 Å². The van der Waals surface area contributed by atoms with Crippen molar-refractivity contribution in [3.05, 3.63) is 23.8 Å². The first-order chi connectivity index (χ1) is 10.7. The maximum atomic E-state index is 12.2. The maximum Gasteiger partial charge on any atom is 0.203 e. The van der Waals surface area contributed by atoms with E-state index >= 15 is 0 Å². The summed E-state index contributed by atoms with van der Waals surface area (Å²) in [5, 5.41) is 4.37. The van der Waals surface area contributed by atoms with E-state index in [4.69, 9.17) is 9.47 Å². The Balaban J connectivity index is 1.99. The third kappa shape index (κ3) is 4.11. The second-order valence-corrected chi connectivity index (χ2v) is 6.14. The van der Waals surface area contributed by atoms with Gasteiger partial charge in [-0.25, -0.2) is 0 Å². The Kier molecular flexibility index (Phi) is 6.02. The number of thioether (sulfide) groups is 1. The number of methoxy groups -OCH3 is 2. The Morgan fingerprint density at radius 2 is 2.09 bits per heavy atom. The van der Waals surface area contributed by atoms with Crippen LogP contribution < -0.4 is 14.8 Å². The van der Waals surface area contributed by atoms with Crippen molar-refractivity contribution in [3.63, 3.8) is 0 Å². The monoisotopic (exact) mass is 339 g/mol. The molecule has 0 unspecified atom stereocenters. The van der Waals surface area contributed by atoms with E-state index in [0.29, 0.717) is 22.2 Å². The predicted molar refractivity (Wildman–Crippen MR) is 88.7 cm³/mol. The van der Waals surface area contributed by atoms with Gasteiger partial charge in [0, 0.05) is 17.1 Å². The lowest BCUT2D eigenvalue weighted by Crippen LogP contribution is -2.14. The van der Waals surface area contributed by atoms with Crippen molar-refractivity contribution >= 4 is 34.2 Å². The summed E-state index contributed by atoms with van der Waals surface area (Å²) < 4.78 is 14.5. The zero-order valence-corrected chi connectivity index (χ0v) is 14.2. The van der Waals surface area contributed by atoms with Crippen molar-refractivity contribution in [1.82, 2.24) is 9.36 Å². The van der Waals surface area contributed by atoms with Gasteiger partial charge < -0.3 is 14.8 Å². The van der Waals surface area contributed by atoms with Gasteiger partial charge in [-0.1, -0.05) is 18.7 Å². The number of anilines is 1. The van der Waals surface area contributed by atoms with E-state index in [1.54, 1.807) is 44.2 Å². The van der Waals surface area contributed by atoms with Crippen molar-refractivity contribution in [2.24, 2.45) is 0 Å². The molecule has 0 spiro atoms. The van der Waals surface area contributed by atoms with Gasteiger partial charge in [0.25, 0.3) is 0 Å². The summed E-state index contributed by atoms with van der Waals surface area (Å²) in [7, 11) is 3.10. The minimum atomic E-state index is -0.0548. The van der Waals surface area contributed by atoms with Crippen LogP contribution >= 0.6 is 23.3 Å². The lowest BCUT2D eigenvalue weighted by Gasteiger charge is -2.09. The molecule has 1 heterocycles. The molecule has 2 aromatic rings. The van der Waals surface area contributed by atoms with Crippen LogP contribution in [0, 0.1) is 0 Å². The standard InChI is InChI=1S/C14H17N3O3S2/c1-4-21-14-16-13(22-17-14)15-8-10(18)9-5-6-11(19-2)12(7-9)20-3/h5-7H,4,8H2,1-3H3,(H,15,16,17). The smallest absolute Gasteiger partial charge is 0.203 e. The van der Waals surface area contributed by atoms with Crippen molar-refractivity contribution in [1.29, 1.82) is 0 Å². The summed E-state index contributed by atoms with van der Waals surface area (Å²) in [6.45, 7) is 2.19. The minimum absolute atomic E-state index is 0.0548. The highest BCUT2D eigenvalue weighted by atomic mass is 32.2. The number of carbonyl (C=O) groups is 1. The number of nitrogens with one attached hydrogen (secondary N) is 1. The van der Waals surface area contributed by atoms with Gasteiger partial charge in [-0.05, 0) is 24.0 Å². The summed E-state index contributed by atoms with van der Waals surface area (Å²) in [6, 6.07) is 5.10. The van der Waals surface area contributed by atoms with Crippen LogP contribution in [0.15, 0.2) is 23.4 Å². The molecule has 0 amide bonds. The molecule has 0 aliphatic carbocycles. The van der Waals surface area contributed by atoms with Crippen LogP contribution in [-0.2, 0) is 0 Å². The Morgan fingerprint density at radius 1 is 1.32 bits per heavy atom. The molecule has 2 rings (SSSR count). The number of carbonyl (C=O) groups excluding carboxylic acids is 1. The van der Waals surface area contributed by atoms with Gasteiger partial charge in [0.1, 0.15) is 0 Å². The normalized spacial score (nSPS) is 10.3. The number of rotatable bonds is 8. The Labute approximate surface area is 137 Å². The maximum absolute atomic E-state index is 12.2. The lowest BCUT2D eigenvalue weighted by molar-refractivity contribution is 0.101. The van der Waals surface area contributed by atoms with Crippen LogP contribution in [0.2, 0.25) is 0 Å². The molecular formula is C14H17N3O3S2. The predicted octanol–water partition coefficient (Wildman–Crippen LogP) is 2.96. The van der Waals surface area contributed by atoms with Gasteiger partial charge >= 0.3 is 0 Å². The fourth-order valence-corrected chi connectivity index (χ4v) is 3.00. The summed E-state index contributed by atoms with van der Waals surface area (Å²) in [6.07, 6.45) is 0. The topological polar surface area (TPSA) is 73.3 Å². The molecule has 22 heavy (non-hydrogen) atoms. The first-order valence-electron chi connectivity index (χ1n) is 6.63. The van der Waals surface area contributed by atoms with Gasteiger partial charge in [0.05, 0.1) is 20.8 Å². The molecule has 0 bridgehead atoms. The van der Waals surface area contributed by atoms with Gasteiger partial charge in [0.2, 0.25) is 10.3 Å². The van der Waals surface area contributed by atoms with E-state index in [2.05, 4.69) is 14.7 Å². The highest BCUT2D eigenvalue weighted by Crippen LogP contribution is 2.27. The molecule has 1 N–H and O–H groups in total. The van der Waals surface area contributed by atoms with Crippen LogP contribution in [0.25, 0.3) is 0 Å². The van der Waals surface area contributed by atoms with Crippen molar-refractivity contribution in [3.8, 4) is 11.5 Å². The molecule has 0 fully saturated rings. The van der Waals surface area contributed by atoms with Crippen molar-refractivity contribution < 1.29 is 14.3 Å². The summed E-state index contributed by atoms with van der Waals surface area (Å²) in [5.74, 6) is 1.99. The Hall–Kier alpha value is -1.80. The number of Topliss-reactive ketones (excluding diaryl/α,β-unsaturated/α-hetero) is 1. The second kappa shape index (κ2) is 8.00. The highest BCUT2D eigenvalue weighted by Gasteiger charge is 2.12. The highest BCUT2D eigenvalue weighted by molar-refractivity contribution is 7.99. The van der Waals surface area contributed by atoms with Crippen LogP contribution in [0.1, 0.15) is 17.3 Å². The van der Waals surface area contributed by atoms with Crippen molar-refractivity contribution in [2.75, 3.05) is 31.8 Å². The zero-order valence-electron chi connectivity index (χ0n) is 12.6. The molecule has 1 aromatic heterocycles. The van der Waals surface area contributed by atoms with Gasteiger partial charge in [0.15, 0.2) is 17.3 Å². The van der Waals surface area contributed by atoms with Gasteiger partial charge in [-0.15, -0.1) is 0 Å². The molecule has 0 saturated carbocycles. The number of ether oxygens (including phenoxy) is 2. The zero-order chi connectivity index (χ0) is 15.9.